The van der Waals surface area contributed by atoms with Gasteiger partial charge >= 0.3 is 0 Å². The first kappa shape index (κ1) is 22.1. The van der Waals surface area contributed by atoms with Crippen LogP contribution in [-0.2, 0) is 18.5 Å². The highest BCUT2D eigenvalue weighted by atomic mass is 35.5. The summed E-state index contributed by atoms with van der Waals surface area (Å²) in [5.41, 5.74) is 2.56. The predicted molar refractivity (Wildman–Crippen MR) is 124 cm³/mol. The molecule has 0 unspecified atom stereocenters. The molecule has 2 aromatic rings. The number of aromatic nitrogens is 1. The van der Waals surface area contributed by atoms with E-state index in [1.54, 1.807) is 11.3 Å². The Morgan fingerprint density at radius 3 is 2.52 bits per heavy atom. The van der Waals surface area contributed by atoms with Crippen LogP contribution >= 0.6 is 22.9 Å². The summed E-state index contributed by atoms with van der Waals surface area (Å²) in [4.78, 5) is 11.6. The van der Waals surface area contributed by atoms with Gasteiger partial charge in [-0.2, -0.15) is 0 Å². The van der Waals surface area contributed by atoms with Crippen LogP contribution in [0.5, 0.6) is 0 Å². The Kier molecular flexibility index (Phi) is 7.55. The van der Waals surface area contributed by atoms with Gasteiger partial charge in [-0.3, -0.25) is 9.89 Å². The van der Waals surface area contributed by atoms with Gasteiger partial charge in [-0.05, 0) is 30.5 Å². The molecule has 1 aromatic carbocycles. The molecule has 1 saturated heterocycles. The second kappa shape index (κ2) is 9.92. The normalized spacial score (nSPS) is 16.8. The van der Waals surface area contributed by atoms with E-state index in [1.165, 1.54) is 5.56 Å². The first-order chi connectivity index (χ1) is 13.8. The Balaban J connectivity index is 1.42. The molecule has 0 saturated carbocycles. The third kappa shape index (κ3) is 6.69. The lowest BCUT2D eigenvalue weighted by molar-refractivity contribution is 0.198. The number of benzene rings is 1. The molecule has 0 radical (unpaired) electrons. The Morgan fingerprint density at radius 1 is 1.24 bits per heavy atom. The third-order valence-corrected chi connectivity index (χ3v) is 6.30. The zero-order valence-electron chi connectivity index (χ0n) is 17.8. The van der Waals surface area contributed by atoms with Crippen LogP contribution in [0.15, 0.2) is 34.6 Å². The molecule has 158 valence electrons. The number of hydrogen-bond acceptors (Lipinski definition) is 4. The van der Waals surface area contributed by atoms with Crippen LogP contribution in [0.1, 0.15) is 49.9 Å². The molecular weight excluding hydrogens is 402 g/mol. The summed E-state index contributed by atoms with van der Waals surface area (Å²) in [7, 11) is 1.83. The van der Waals surface area contributed by atoms with Crippen molar-refractivity contribution in [3.8, 4) is 0 Å². The average molecular weight is 434 g/mol. The Hall–Kier alpha value is -1.63. The molecule has 0 amide bonds. The Morgan fingerprint density at radius 2 is 1.93 bits per heavy atom. The molecule has 29 heavy (non-hydrogen) atoms. The van der Waals surface area contributed by atoms with Crippen LogP contribution in [0.4, 0.5) is 0 Å². The van der Waals surface area contributed by atoms with Gasteiger partial charge in [0.2, 0.25) is 0 Å². The van der Waals surface area contributed by atoms with Crippen LogP contribution in [-0.4, -0.2) is 42.0 Å². The molecule has 0 aliphatic carbocycles. The maximum Gasteiger partial charge on any atom is 0.191 e. The number of nitrogens with zero attached hydrogens (tertiary/aromatic N) is 3. The zero-order chi connectivity index (χ0) is 20.9. The highest BCUT2D eigenvalue weighted by molar-refractivity contribution is 7.09. The number of halogens is 1. The smallest absolute Gasteiger partial charge is 0.191 e. The lowest BCUT2D eigenvalue weighted by Gasteiger charge is -2.33. The van der Waals surface area contributed by atoms with Crippen molar-refractivity contribution in [2.24, 2.45) is 4.99 Å². The van der Waals surface area contributed by atoms with E-state index in [1.807, 2.05) is 19.2 Å². The number of piperidine rings is 1. The minimum Gasteiger partial charge on any atom is -0.354 e. The molecule has 1 aliphatic rings. The average Bonchev–Trinajstić information content (AvgIpc) is 3.18. The molecule has 3 rings (SSSR count). The van der Waals surface area contributed by atoms with E-state index in [0.29, 0.717) is 12.6 Å². The molecule has 1 aliphatic heterocycles. The van der Waals surface area contributed by atoms with Gasteiger partial charge < -0.3 is 10.6 Å². The summed E-state index contributed by atoms with van der Waals surface area (Å²) in [5.74, 6) is 0.855. The number of rotatable bonds is 5. The third-order valence-electron chi connectivity index (χ3n) is 5.20. The first-order valence-electron chi connectivity index (χ1n) is 10.2. The summed E-state index contributed by atoms with van der Waals surface area (Å²) < 4.78 is 0. The van der Waals surface area contributed by atoms with E-state index in [-0.39, 0.29) is 5.41 Å². The van der Waals surface area contributed by atoms with Crippen LogP contribution in [0, 0.1) is 0 Å². The number of guanidine groups is 1. The summed E-state index contributed by atoms with van der Waals surface area (Å²) in [6.45, 7) is 10.4. The van der Waals surface area contributed by atoms with Gasteiger partial charge in [-0.15, -0.1) is 11.3 Å². The summed E-state index contributed by atoms with van der Waals surface area (Å²) in [6, 6.07) is 8.61. The van der Waals surface area contributed by atoms with Gasteiger partial charge in [0.05, 0.1) is 12.2 Å². The van der Waals surface area contributed by atoms with E-state index in [0.717, 1.165) is 54.2 Å². The second-order valence-electron chi connectivity index (χ2n) is 8.62. The highest BCUT2D eigenvalue weighted by Crippen LogP contribution is 2.23. The predicted octanol–water partition coefficient (Wildman–Crippen LogP) is 4.42. The number of nitrogens with one attached hydrogen (secondary N) is 2. The fraction of sp³-hybridized carbons (Fsp3) is 0.545. The van der Waals surface area contributed by atoms with E-state index in [4.69, 9.17) is 16.6 Å². The zero-order valence-corrected chi connectivity index (χ0v) is 19.4. The van der Waals surface area contributed by atoms with Gasteiger partial charge in [-0.25, -0.2) is 4.98 Å². The van der Waals surface area contributed by atoms with E-state index in [2.05, 4.69) is 58.8 Å². The monoisotopic (exact) mass is 433 g/mol. The SMILES string of the molecule is CN=C(NCc1nc(C(C)(C)C)cs1)NC1CCN(Cc2ccc(Cl)cc2)CC1. The maximum absolute atomic E-state index is 5.98. The number of aliphatic imine (C=N–C) groups is 1. The molecule has 2 heterocycles. The second-order valence-corrected chi connectivity index (χ2v) is 10.0. The number of likely N-dealkylation sites (tertiary alicyclic amines) is 1. The largest absolute Gasteiger partial charge is 0.354 e. The summed E-state index contributed by atoms with van der Waals surface area (Å²) in [5, 5.41) is 11.0. The topological polar surface area (TPSA) is 52.6 Å². The van der Waals surface area contributed by atoms with Gasteiger partial charge in [0, 0.05) is 48.5 Å². The number of hydrogen-bond donors (Lipinski definition) is 2. The maximum atomic E-state index is 5.98. The van der Waals surface area contributed by atoms with Gasteiger partial charge in [0.25, 0.3) is 0 Å². The summed E-state index contributed by atoms with van der Waals surface area (Å²) in [6.07, 6.45) is 2.22. The minimum absolute atomic E-state index is 0.0919. The Bertz CT molecular complexity index is 801. The molecule has 0 bridgehead atoms. The van der Waals surface area contributed by atoms with E-state index < -0.39 is 0 Å². The highest BCUT2D eigenvalue weighted by Gasteiger charge is 2.21. The van der Waals surface area contributed by atoms with Crippen molar-refractivity contribution in [3.05, 3.63) is 50.9 Å². The van der Waals surface area contributed by atoms with Crippen molar-refractivity contribution in [1.29, 1.82) is 0 Å². The molecule has 2 N–H and O–H groups in total. The summed E-state index contributed by atoms with van der Waals surface area (Å²) >= 11 is 7.68. The first-order valence-corrected chi connectivity index (χ1v) is 11.5. The number of thiazole rings is 1. The van der Waals surface area contributed by atoms with Crippen molar-refractivity contribution in [1.82, 2.24) is 20.5 Å². The molecule has 7 heteroatoms. The van der Waals surface area contributed by atoms with Gasteiger partial charge in [0.15, 0.2) is 5.96 Å². The standard InChI is InChI=1S/C22H32ClN5S/c1-22(2,3)19-15-29-20(27-19)13-25-21(24-4)26-18-9-11-28(12-10-18)14-16-5-7-17(23)8-6-16/h5-8,15,18H,9-14H2,1-4H3,(H2,24,25,26). The molecule has 0 spiro atoms. The molecule has 5 nitrogen and oxygen atoms in total. The molecule has 0 atom stereocenters. The van der Waals surface area contributed by atoms with Crippen molar-refractivity contribution < 1.29 is 0 Å². The van der Waals surface area contributed by atoms with Crippen molar-refractivity contribution in [2.45, 2.75) is 58.2 Å². The van der Waals surface area contributed by atoms with Crippen LogP contribution in [0.2, 0.25) is 5.02 Å². The lowest BCUT2D eigenvalue weighted by Crippen LogP contribution is -2.48. The molecular formula is C22H32ClN5S. The Labute approximate surface area is 183 Å². The molecule has 1 aromatic heterocycles. The van der Waals surface area contributed by atoms with Crippen molar-refractivity contribution in [2.75, 3.05) is 20.1 Å². The van der Waals surface area contributed by atoms with Crippen LogP contribution in [0.25, 0.3) is 0 Å². The van der Waals surface area contributed by atoms with Gasteiger partial charge in [0.1, 0.15) is 5.01 Å². The van der Waals surface area contributed by atoms with Crippen molar-refractivity contribution in [3.63, 3.8) is 0 Å². The lowest BCUT2D eigenvalue weighted by atomic mass is 9.93. The molecule has 1 fully saturated rings. The quantitative estimate of drug-likeness (QED) is 0.541. The minimum atomic E-state index is 0.0919. The van der Waals surface area contributed by atoms with Gasteiger partial charge in [-0.1, -0.05) is 44.5 Å². The van der Waals surface area contributed by atoms with Crippen molar-refractivity contribution >= 4 is 28.9 Å². The van der Waals surface area contributed by atoms with Crippen LogP contribution in [0.3, 0.4) is 0 Å². The van der Waals surface area contributed by atoms with E-state index in [9.17, 15) is 0 Å². The fourth-order valence-electron chi connectivity index (χ4n) is 3.37. The van der Waals surface area contributed by atoms with Crippen LogP contribution < -0.4 is 10.6 Å². The fourth-order valence-corrected chi connectivity index (χ4v) is 4.45. The van der Waals surface area contributed by atoms with E-state index >= 15 is 0 Å².